The number of imide groups is 1. The number of hydrogen-bond acceptors (Lipinski definition) is 4. The van der Waals surface area contributed by atoms with Crippen LogP contribution in [0.3, 0.4) is 0 Å². The molecule has 0 spiro atoms. The van der Waals surface area contributed by atoms with Gasteiger partial charge in [-0.3, -0.25) is 14.5 Å². The lowest BCUT2D eigenvalue weighted by Gasteiger charge is -2.13. The molecule has 0 unspecified atom stereocenters. The van der Waals surface area contributed by atoms with Gasteiger partial charge in [0.25, 0.3) is 11.8 Å². The third-order valence-electron chi connectivity index (χ3n) is 4.13. The molecule has 2 aromatic carbocycles. The lowest BCUT2D eigenvalue weighted by molar-refractivity contribution is 0.0684. The third-order valence-corrected chi connectivity index (χ3v) is 5.09. The molecule has 2 heterocycles. The molecule has 0 fully saturated rings. The minimum atomic E-state index is -0.250. The molecule has 5 nitrogen and oxygen atoms in total. The van der Waals surface area contributed by atoms with Crippen molar-refractivity contribution in [2.75, 3.05) is 5.88 Å². The number of nitrogens with zero attached hydrogens (tertiary/aromatic N) is 3. The van der Waals surface area contributed by atoms with E-state index < -0.39 is 0 Å². The number of allylic oxidation sites excluding steroid dienone is 1. The maximum atomic E-state index is 12.5. The highest BCUT2D eigenvalue weighted by molar-refractivity contribution is 7.99. The van der Waals surface area contributed by atoms with Gasteiger partial charge >= 0.3 is 0 Å². The standard InChI is InChI=1S/C19H15N3O2S/c1-2-11-21-16-10-6-5-9-15(16)20-19(21)25-12-22-17(23)13-7-3-4-8-14(13)18(22)24/h2-10H,1,11-12H2. The predicted octanol–water partition coefficient (Wildman–Crippen LogP) is 3.57. The molecule has 0 bridgehead atoms. The summed E-state index contributed by atoms with van der Waals surface area (Å²) in [5.74, 6) is -0.272. The molecule has 4 rings (SSSR count). The van der Waals surface area contributed by atoms with E-state index in [-0.39, 0.29) is 17.7 Å². The lowest BCUT2D eigenvalue weighted by atomic mass is 10.1. The number of thioether (sulfide) groups is 1. The fraction of sp³-hybridized carbons (Fsp3) is 0.105. The highest BCUT2D eigenvalue weighted by Gasteiger charge is 2.35. The molecule has 0 atom stereocenters. The Balaban J connectivity index is 1.61. The van der Waals surface area contributed by atoms with Crippen LogP contribution in [0, 0.1) is 0 Å². The van der Waals surface area contributed by atoms with E-state index in [0.29, 0.717) is 17.7 Å². The maximum Gasteiger partial charge on any atom is 0.262 e. The van der Waals surface area contributed by atoms with E-state index in [0.717, 1.165) is 16.2 Å². The molecule has 0 aliphatic carbocycles. The summed E-state index contributed by atoms with van der Waals surface area (Å²) in [6, 6.07) is 14.8. The second-order valence-corrected chi connectivity index (χ2v) is 6.55. The molecule has 0 N–H and O–H groups in total. The Morgan fingerprint density at radius 2 is 1.64 bits per heavy atom. The highest BCUT2D eigenvalue weighted by Crippen LogP contribution is 2.28. The van der Waals surface area contributed by atoms with Crippen LogP contribution in [-0.4, -0.2) is 32.1 Å². The highest BCUT2D eigenvalue weighted by atomic mass is 32.2. The topological polar surface area (TPSA) is 55.2 Å². The number of amides is 2. The molecule has 1 aromatic heterocycles. The van der Waals surface area contributed by atoms with Gasteiger partial charge in [-0.1, -0.05) is 42.1 Å². The molecular formula is C19H15N3O2S. The average molecular weight is 349 g/mol. The van der Waals surface area contributed by atoms with Crippen molar-refractivity contribution < 1.29 is 9.59 Å². The van der Waals surface area contributed by atoms with Gasteiger partial charge in [0, 0.05) is 6.54 Å². The predicted molar refractivity (Wildman–Crippen MR) is 97.6 cm³/mol. The first kappa shape index (κ1) is 15.7. The number of hydrogen-bond donors (Lipinski definition) is 0. The molecular weight excluding hydrogens is 334 g/mol. The lowest BCUT2D eigenvalue weighted by Crippen LogP contribution is -2.29. The van der Waals surface area contributed by atoms with Crippen LogP contribution in [0.4, 0.5) is 0 Å². The zero-order chi connectivity index (χ0) is 17.4. The summed E-state index contributed by atoms with van der Waals surface area (Å²) in [6.07, 6.45) is 1.81. The van der Waals surface area contributed by atoms with Gasteiger partial charge < -0.3 is 4.57 Å². The van der Waals surface area contributed by atoms with Crippen molar-refractivity contribution in [3.8, 4) is 0 Å². The number of imidazole rings is 1. The van der Waals surface area contributed by atoms with E-state index in [1.807, 2.05) is 28.8 Å². The summed E-state index contributed by atoms with van der Waals surface area (Å²) in [6.45, 7) is 4.41. The zero-order valence-electron chi connectivity index (χ0n) is 13.4. The number of carbonyl (C=O) groups is 2. The van der Waals surface area contributed by atoms with Gasteiger partial charge in [-0.05, 0) is 24.3 Å². The zero-order valence-corrected chi connectivity index (χ0v) is 14.2. The van der Waals surface area contributed by atoms with Crippen molar-refractivity contribution in [3.63, 3.8) is 0 Å². The number of benzene rings is 2. The Labute approximate surface area is 149 Å². The molecule has 124 valence electrons. The monoisotopic (exact) mass is 349 g/mol. The van der Waals surface area contributed by atoms with Crippen LogP contribution in [0.25, 0.3) is 11.0 Å². The van der Waals surface area contributed by atoms with Crippen molar-refractivity contribution in [3.05, 3.63) is 72.3 Å². The average Bonchev–Trinajstić information content (AvgIpc) is 3.10. The van der Waals surface area contributed by atoms with E-state index in [1.54, 1.807) is 30.3 Å². The summed E-state index contributed by atoms with van der Waals surface area (Å²) >= 11 is 1.38. The van der Waals surface area contributed by atoms with Crippen molar-refractivity contribution in [2.45, 2.75) is 11.7 Å². The van der Waals surface area contributed by atoms with E-state index in [1.165, 1.54) is 16.7 Å². The van der Waals surface area contributed by atoms with Crippen LogP contribution in [-0.2, 0) is 6.54 Å². The minimum Gasteiger partial charge on any atom is -0.315 e. The van der Waals surface area contributed by atoms with Gasteiger partial charge in [0.1, 0.15) is 0 Å². The van der Waals surface area contributed by atoms with Crippen LogP contribution in [0.1, 0.15) is 20.7 Å². The van der Waals surface area contributed by atoms with Gasteiger partial charge in [0.15, 0.2) is 5.16 Å². The van der Waals surface area contributed by atoms with E-state index in [4.69, 9.17) is 0 Å². The second kappa shape index (κ2) is 6.22. The van der Waals surface area contributed by atoms with Gasteiger partial charge in [0.2, 0.25) is 0 Å². The Morgan fingerprint density at radius 3 is 2.32 bits per heavy atom. The van der Waals surface area contributed by atoms with Crippen LogP contribution in [0.2, 0.25) is 0 Å². The van der Waals surface area contributed by atoms with E-state index >= 15 is 0 Å². The summed E-state index contributed by atoms with van der Waals surface area (Å²) in [7, 11) is 0. The molecule has 25 heavy (non-hydrogen) atoms. The SMILES string of the molecule is C=CCn1c(SCN2C(=O)c3ccccc3C2=O)nc2ccccc21. The van der Waals surface area contributed by atoms with Gasteiger partial charge in [0.05, 0.1) is 28.0 Å². The number of fused-ring (bicyclic) bond motifs is 2. The molecule has 0 saturated carbocycles. The first-order valence-corrected chi connectivity index (χ1v) is 8.83. The Kier molecular flexibility index (Phi) is 3.89. The van der Waals surface area contributed by atoms with Crippen LogP contribution < -0.4 is 0 Å². The Bertz CT molecular complexity index is 974. The molecule has 1 aliphatic rings. The normalized spacial score (nSPS) is 13.5. The van der Waals surface area contributed by atoms with Gasteiger partial charge in [-0.2, -0.15) is 0 Å². The minimum absolute atomic E-state index is 0.229. The molecule has 0 saturated heterocycles. The second-order valence-electron chi connectivity index (χ2n) is 5.64. The number of carbonyl (C=O) groups excluding carboxylic acids is 2. The van der Waals surface area contributed by atoms with Gasteiger partial charge in [-0.25, -0.2) is 4.98 Å². The Hall–Kier alpha value is -2.86. The fourth-order valence-electron chi connectivity index (χ4n) is 2.95. The first-order valence-electron chi connectivity index (χ1n) is 7.85. The number of para-hydroxylation sites is 2. The fourth-order valence-corrected chi connectivity index (χ4v) is 3.92. The molecule has 1 aliphatic heterocycles. The molecule has 6 heteroatoms. The van der Waals surface area contributed by atoms with Crippen molar-refractivity contribution >= 4 is 34.6 Å². The smallest absolute Gasteiger partial charge is 0.262 e. The Morgan fingerprint density at radius 1 is 1.00 bits per heavy atom. The third kappa shape index (κ3) is 2.55. The van der Waals surface area contributed by atoms with Crippen molar-refractivity contribution in [2.24, 2.45) is 0 Å². The molecule has 2 amide bonds. The quantitative estimate of drug-likeness (QED) is 0.401. The van der Waals surface area contributed by atoms with Crippen LogP contribution in [0.15, 0.2) is 66.3 Å². The van der Waals surface area contributed by atoms with Crippen LogP contribution in [0.5, 0.6) is 0 Å². The van der Waals surface area contributed by atoms with Gasteiger partial charge in [-0.15, -0.1) is 6.58 Å². The number of rotatable bonds is 5. The summed E-state index contributed by atoms with van der Waals surface area (Å²) in [5, 5.41) is 0.762. The first-order chi connectivity index (χ1) is 12.2. The molecule has 0 radical (unpaired) electrons. The maximum absolute atomic E-state index is 12.5. The van der Waals surface area contributed by atoms with Crippen molar-refractivity contribution in [1.82, 2.24) is 14.5 Å². The van der Waals surface area contributed by atoms with Crippen LogP contribution >= 0.6 is 11.8 Å². The largest absolute Gasteiger partial charge is 0.315 e. The van der Waals surface area contributed by atoms with E-state index in [9.17, 15) is 9.59 Å². The summed E-state index contributed by atoms with van der Waals surface area (Å²) < 4.78 is 2.03. The molecule has 3 aromatic rings. The van der Waals surface area contributed by atoms with E-state index in [2.05, 4.69) is 11.6 Å². The summed E-state index contributed by atoms with van der Waals surface area (Å²) in [5.41, 5.74) is 2.82. The van der Waals surface area contributed by atoms with Crippen molar-refractivity contribution in [1.29, 1.82) is 0 Å². The number of aromatic nitrogens is 2. The summed E-state index contributed by atoms with van der Waals surface area (Å²) in [4.78, 5) is 30.8.